The Kier molecular flexibility index (Phi) is 9.31. The zero-order valence-electron chi connectivity index (χ0n) is 14.2. The van der Waals surface area contributed by atoms with Crippen molar-refractivity contribution in [2.75, 3.05) is 19.6 Å². The Morgan fingerprint density at radius 2 is 1.86 bits per heavy atom. The van der Waals surface area contributed by atoms with Crippen LogP contribution in [0.25, 0.3) is 0 Å². The number of nitrogens with zero attached hydrogens (tertiary/aromatic N) is 1. The van der Waals surface area contributed by atoms with E-state index in [0.717, 1.165) is 37.0 Å². The fourth-order valence-corrected chi connectivity index (χ4v) is 2.20. The van der Waals surface area contributed by atoms with Gasteiger partial charge < -0.3 is 15.7 Å². The van der Waals surface area contributed by atoms with Gasteiger partial charge in [-0.15, -0.1) is 0 Å². The van der Waals surface area contributed by atoms with Crippen molar-refractivity contribution in [1.29, 1.82) is 0 Å². The first-order chi connectivity index (χ1) is 10.6. The van der Waals surface area contributed by atoms with Gasteiger partial charge in [-0.3, -0.25) is 4.99 Å². The molecule has 1 atom stereocenters. The molecule has 0 aliphatic carbocycles. The number of nitrogens with one attached hydrogen (secondary N) is 2. The predicted octanol–water partition coefficient (Wildman–Crippen LogP) is 3.10. The van der Waals surface area contributed by atoms with Crippen LogP contribution in [0.15, 0.2) is 35.3 Å². The van der Waals surface area contributed by atoms with Gasteiger partial charge in [0.05, 0.1) is 6.10 Å². The van der Waals surface area contributed by atoms with Crippen LogP contribution >= 0.6 is 0 Å². The smallest absolute Gasteiger partial charge is 0.191 e. The second kappa shape index (κ2) is 11.1. The summed E-state index contributed by atoms with van der Waals surface area (Å²) in [4.78, 5) is 4.57. The van der Waals surface area contributed by atoms with Crippen LogP contribution in [0.5, 0.6) is 0 Å². The molecule has 1 aromatic carbocycles. The van der Waals surface area contributed by atoms with Gasteiger partial charge in [0.25, 0.3) is 0 Å². The van der Waals surface area contributed by atoms with E-state index in [1.165, 1.54) is 6.42 Å². The van der Waals surface area contributed by atoms with Gasteiger partial charge in [-0.1, -0.05) is 44.2 Å². The van der Waals surface area contributed by atoms with Crippen LogP contribution in [0.2, 0.25) is 0 Å². The van der Waals surface area contributed by atoms with Crippen LogP contribution < -0.4 is 10.6 Å². The van der Waals surface area contributed by atoms with Crippen molar-refractivity contribution in [1.82, 2.24) is 10.6 Å². The molecule has 4 heteroatoms. The normalized spacial score (nSPS) is 13.2. The molecule has 0 spiro atoms. The highest BCUT2D eigenvalue weighted by molar-refractivity contribution is 5.79. The lowest BCUT2D eigenvalue weighted by molar-refractivity contribution is 0.168. The van der Waals surface area contributed by atoms with Crippen molar-refractivity contribution >= 4 is 5.96 Å². The second-order valence-corrected chi connectivity index (χ2v) is 5.94. The molecule has 0 fully saturated rings. The average Bonchev–Trinajstić information content (AvgIpc) is 2.52. The maximum atomic E-state index is 10.1. The third-order valence-electron chi connectivity index (χ3n) is 3.45. The maximum absolute atomic E-state index is 10.1. The fourth-order valence-electron chi connectivity index (χ4n) is 2.20. The van der Waals surface area contributed by atoms with Crippen molar-refractivity contribution in [3.8, 4) is 0 Å². The molecule has 0 aromatic heterocycles. The maximum Gasteiger partial charge on any atom is 0.191 e. The zero-order chi connectivity index (χ0) is 16.2. The minimum atomic E-state index is -0.433. The molecule has 0 saturated carbocycles. The van der Waals surface area contributed by atoms with Crippen LogP contribution in [-0.4, -0.2) is 30.7 Å². The van der Waals surface area contributed by atoms with Crippen molar-refractivity contribution in [3.05, 3.63) is 35.9 Å². The molecule has 124 valence electrons. The number of aliphatic hydroxyl groups excluding tert-OH is 1. The molecule has 0 aliphatic heterocycles. The van der Waals surface area contributed by atoms with Gasteiger partial charge in [0.2, 0.25) is 0 Å². The summed E-state index contributed by atoms with van der Waals surface area (Å²) in [7, 11) is 0. The van der Waals surface area contributed by atoms with Crippen molar-refractivity contribution in [2.45, 2.75) is 46.1 Å². The first kappa shape index (κ1) is 18.5. The topological polar surface area (TPSA) is 56.7 Å². The van der Waals surface area contributed by atoms with E-state index in [9.17, 15) is 5.11 Å². The first-order valence-electron chi connectivity index (χ1n) is 8.38. The van der Waals surface area contributed by atoms with E-state index < -0.39 is 6.10 Å². The zero-order valence-corrected chi connectivity index (χ0v) is 14.2. The lowest BCUT2D eigenvalue weighted by Crippen LogP contribution is -2.38. The fraction of sp³-hybridized carbons (Fsp3) is 0.611. The van der Waals surface area contributed by atoms with E-state index in [1.54, 1.807) is 0 Å². The van der Waals surface area contributed by atoms with Crippen LogP contribution in [0, 0.1) is 5.92 Å². The predicted molar refractivity (Wildman–Crippen MR) is 94.1 cm³/mol. The number of aliphatic hydroxyl groups is 1. The van der Waals surface area contributed by atoms with E-state index >= 15 is 0 Å². The summed E-state index contributed by atoms with van der Waals surface area (Å²) >= 11 is 0. The number of guanidine groups is 1. The standard InChI is InChI=1S/C18H31N3O/c1-4-19-18(20-13-8-9-15(2)3)21-14-12-17(22)16-10-6-5-7-11-16/h5-7,10-11,15,17,22H,4,8-9,12-14H2,1-3H3,(H2,19,20,21). The average molecular weight is 305 g/mol. The number of hydrogen-bond donors (Lipinski definition) is 3. The minimum absolute atomic E-state index is 0.433. The van der Waals surface area contributed by atoms with E-state index in [-0.39, 0.29) is 0 Å². The molecule has 1 unspecified atom stereocenters. The van der Waals surface area contributed by atoms with Gasteiger partial charge in [-0.25, -0.2) is 0 Å². The summed E-state index contributed by atoms with van der Waals surface area (Å²) in [6.45, 7) is 8.92. The van der Waals surface area contributed by atoms with E-state index in [4.69, 9.17) is 0 Å². The minimum Gasteiger partial charge on any atom is -0.388 e. The summed E-state index contributed by atoms with van der Waals surface area (Å²) in [5.41, 5.74) is 0.961. The summed E-state index contributed by atoms with van der Waals surface area (Å²) in [5.74, 6) is 1.57. The molecule has 22 heavy (non-hydrogen) atoms. The van der Waals surface area contributed by atoms with Crippen LogP contribution in [0.1, 0.15) is 51.7 Å². The van der Waals surface area contributed by atoms with Gasteiger partial charge in [0, 0.05) is 19.6 Å². The molecule has 0 radical (unpaired) electrons. The molecular weight excluding hydrogens is 274 g/mol. The summed E-state index contributed by atoms with van der Waals surface area (Å²) in [6.07, 6.45) is 2.55. The molecule has 0 saturated heterocycles. The molecule has 0 bridgehead atoms. The molecule has 0 heterocycles. The van der Waals surface area contributed by atoms with Crippen LogP contribution in [0.4, 0.5) is 0 Å². The number of hydrogen-bond acceptors (Lipinski definition) is 2. The second-order valence-electron chi connectivity index (χ2n) is 5.94. The number of rotatable bonds is 9. The lowest BCUT2D eigenvalue weighted by atomic mass is 10.1. The lowest BCUT2D eigenvalue weighted by Gasteiger charge is -2.14. The highest BCUT2D eigenvalue weighted by Gasteiger charge is 2.06. The summed E-state index contributed by atoms with van der Waals surface area (Å²) in [5, 5.41) is 16.7. The Bertz CT molecular complexity index is 418. The summed E-state index contributed by atoms with van der Waals surface area (Å²) in [6, 6.07) is 9.77. The molecule has 4 nitrogen and oxygen atoms in total. The van der Waals surface area contributed by atoms with Gasteiger partial charge in [0.1, 0.15) is 0 Å². The Morgan fingerprint density at radius 1 is 1.14 bits per heavy atom. The highest BCUT2D eigenvalue weighted by atomic mass is 16.3. The van der Waals surface area contributed by atoms with E-state index in [2.05, 4.69) is 36.4 Å². The van der Waals surface area contributed by atoms with Gasteiger partial charge in [-0.05, 0) is 37.7 Å². The Morgan fingerprint density at radius 3 is 2.50 bits per heavy atom. The molecule has 1 aromatic rings. The molecular formula is C18H31N3O. The van der Waals surface area contributed by atoms with Crippen LogP contribution in [0.3, 0.4) is 0 Å². The first-order valence-corrected chi connectivity index (χ1v) is 8.38. The Labute approximate surface area is 135 Å². The third-order valence-corrected chi connectivity index (χ3v) is 3.45. The molecule has 3 N–H and O–H groups in total. The van der Waals surface area contributed by atoms with Gasteiger partial charge >= 0.3 is 0 Å². The Hall–Kier alpha value is -1.55. The third kappa shape index (κ3) is 8.03. The van der Waals surface area contributed by atoms with E-state index in [1.807, 2.05) is 30.3 Å². The monoisotopic (exact) mass is 305 g/mol. The van der Waals surface area contributed by atoms with Crippen LogP contribution in [-0.2, 0) is 0 Å². The SMILES string of the molecule is CCNC(=NCCCC(C)C)NCCC(O)c1ccccc1. The van der Waals surface area contributed by atoms with Crippen molar-refractivity contribution < 1.29 is 5.11 Å². The number of aliphatic imine (C=N–C) groups is 1. The molecule has 1 rings (SSSR count). The molecule has 0 amide bonds. The quantitative estimate of drug-likeness (QED) is 0.373. The Balaban J connectivity index is 2.32. The van der Waals surface area contributed by atoms with Gasteiger partial charge in [-0.2, -0.15) is 0 Å². The van der Waals surface area contributed by atoms with Crippen molar-refractivity contribution in [2.24, 2.45) is 10.9 Å². The molecule has 0 aliphatic rings. The number of benzene rings is 1. The van der Waals surface area contributed by atoms with Gasteiger partial charge in [0.15, 0.2) is 5.96 Å². The van der Waals surface area contributed by atoms with E-state index in [0.29, 0.717) is 13.0 Å². The largest absolute Gasteiger partial charge is 0.388 e. The summed E-state index contributed by atoms with van der Waals surface area (Å²) < 4.78 is 0. The van der Waals surface area contributed by atoms with Crippen molar-refractivity contribution in [3.63, 3.8) is 0 Å². The highest BCUT2D eigenvalue weighted by Crippen LogP contribution is 2.14.